The van der Waals surface area contributed by atoms with E-state index in [0.29, 0.717) is 24.6 Å². The Kier molecular flexibility index (Phi) is 6.18. The zero-order valence-electron chi connectivity index (χ0n) is 18.4. The number of hydrogen-bond acceptors (Lipinski definition) is 7. The second-order valence-corrected chi connectivity index (χ2v) is 10.5. The molecule has 1 saturated heterocycles. The second kappa shape index (κ2) is 8.89. The number of nitrogens with one attached hydrogen (secondary N) is 1. The number of aromatic nitrogens is 4. The predicted molar refractivity (Wildman–Crippen MR) is 127 cm³/mol. The number of rotatable bonds is 5. The molecule has 3 aromatic rings. The van der Waals surface area contributed by atoms with Crippen molar-refractivity contribution in [3.8, 4) is 11.4 Å². The molecule has 0 radical (unpaired) electrons. The van der Waals surface area contributed by atoms with Crippen LogP contribution in [0.3, 0.4) is 0 Å². The van der Waals surface area contributed by atoms with E-state index in [2.05, 4.69) is 38.7 Å². The van der Waals surface area contributed by atoms with Gasteiger partial charge in [-0.05, 0) is 51.1 Å². The van der Waals surface area contributed by atoms with E-state index in [1.807, 2.05) is 31.3 Å². The maximum absolute atomic E-state index is 12.7. The van der Waals surface area contributed by atoms with E-state index >= 15 is 0 Å². The van der Waals surface area contributed by atoms with Crippen LogP contribution in [-0.2, 0) is 0 Å². The molecular weight excluding hydrogens is 428 g/mol. The number of carbonyl (C=O) groups is 1. The van der Waals surface area contributed by atoms with E-state index in [1.165, 1.54) is 0 Å². The Morgan fingerprint density at radius 3 is 2.44 bits per heavy atom. The lowest BCUT2D eigenvalue weighted by Gasteiger charge is -2.40. The predicted octanol–water partition coefficient (Wildman–Crippen LogP) is 4.18. The molecule has 2 aromatic heterocycles. The average molecular weight is 457 g/mol. The molecule has 1 aromatic carbocycles. The number of carbonyl (C=O) groups excluding carboxylic acids is 1. The second-order valence-electron chi connectivity index (χ2n) is 8.12. The molecule has 0 unspecified atom stereocenters. The lowest BCUT2D eigenvalue weighted by Crippen LogP contribution is -2.42. The van der Waals surface area contributed by atoms with Crippen molar-refractivity contribution in [3.05, 3.63) is 54.1 Å². The zero-order valence-corrected chi connectivity index (χ0v) is 19.2. The fraction of sp³-hybridized carbons (Fsp3) is 0.364. The standard InChI is InChI=1S/C22H28N6O3S/c1-15(2)28-16(3)24-14-20(28)19-8-9-23-22(26-19)25-18-6-4-17(5-7-18)21(29)27-10-12-32(30,31)13-11-27/h4-9,14-15,30-31H,10-13H2,1-3H3,(H,23,25,26). The highest BCUT2D eigenvalue weighted by atomic mass is 32.3. The topological polar surface area (TPSA) is 116 Å². The third-order valence-corrected chi connectivity index (χ3v) is 7.14. The van der Waals surface area contributed by atoms with E-state index < -0.39 is 10.6 Å². The molecule has 0 aliphatic carbocycles. The molecule has 0 spiro atoms. The maximum atomic E-state index is 12.7. The molecule has 1 fully saturated rings. The molecule has 0 saturated carbocycles. The molecule has 9 nitrogen and oxygen atoms in total. The third kappa shape index (κ3) is 4.77. The number of nitrogens with zero attached hydrogens (tertiary/aromatic N) is 5. The van der Waals surface area contributed by atoms with Gasteiger partial charge in [0.1, 0.15) is 5.82 Å². The molecule has 32 heavy (non-hydrogen) atoms. The van der Waals surface area contributed by atoms with Crippen LogP contribution in [0, 0.1) is 6.92 Å². The van der Waals surface area contributed by atoms with Gasteiger partial charge in [0.25, 0.3) is 5.91 Å². The number of hydrogen-bond donors (Lipinski definition) is 3. The average Bonchev–Trinajstić information content (AvgIpc) is 3.16. The van der Waals surface area contributed by atoms with Crippen molar-refractivity contribution >= 4 is 28.1 Å². The minimum Gasteiger partial charge on any atom is -0.336 e. The van der Waals surface area contributed by atoms with Crippen LogP contribution >= 0.6 is 10.6 Å². The largest absolute Gasteiger partial charge is 0.336 e. The summed E-state index contributed by atoms with van der Waals surface area (Å²) in [5, 5.41) is 3.19. The van der Waals surface area contributed by atoms with Gasteiger partial charge in [-0.3, -0.25) is 13.9 Å². The lowest BCUT2D eigenvalue weighted by atomic mass is 10.2. The molecule has 1 amide bonds. The maximum Gasteiger partial charge on any atom is 0.253 e. The Morgan fingerprint density at radius 2 is 1.78 bits per heavy atom. The number of anilines is 2. The van der Waals surface area contributed by atoms with Crippen LogP contribution in [0.4, 0.5) is 11.6 Å². The Hall–Kier alpha value is -2.95. The summed E-state index contributed by atoms with van der Waals surface area (Å²) in [4.78, 5) is 27.7. The van der Waals surface area contributed by atoms with Crippen molar-refractivity contribution in [2.45, 2.75) is 26.8 Å². The van der Waals surface area contributed by atoms with Gasteiger partial charge < -0.3 is 14.8 Å². The Bertz CT molecular complexity index is 1100. The van der Waals surface area contributed by atoms with Crippen molar-refractivity contribution in [1.29, 1.82) is 0 Å². The van der Waals surface area contributed by atoms with Crippen LogP contribution in [0.25, 0.3) is 11.4 Å². The summed E-state index contributed by atoms with van der Waals surface area (Å²) in [6.45, 7) is 6.90. The summed E-state index contributed by atoms with van der Waals surface area (Å²) in [5.41, 5.74) is 3.03. The number of amides is 1. The van der Waals surface area contributed by atoms with Gasteiger partial charge in [-0.2, -0.15) is 10.6 Å². The van der Waals surface area contributed by atoms with Crippen molar-refractivity contribution in [2.24, 2.45) is 0 Å². The molecule has 1 aliphatic heterocycles. The van der Waals surface area contributed by atoms with Crippen LogP contribution < -0.4 is 5.32 Å². The van der Waals surface area contributed by atoms with Gasteiger partial charge in [-0.25, -0.2) is 15.0 Å². The minimum atomic E-state index is -2.53. The van der Waals surface area contributed by atoms with Crippen LogP contribution in [0.2, 0.25) is 0 Å². The highest BCUT2D eigenvalue weighted by Gasteiger charge is 2.26. The highest BCUT2D eigenvalue weighted by Crippen LogP contribution is 2.40. The number of benzene rings is 1. The Balaban J connectivity index is 1.47. The molecule has 3 N–H and O–H groups in total. The number of imidazole rings is 1. The Labute approximate surface area is 188 Å². The van der Waals surface area contributed by atoms with Crippen LogP contribution in [0.1, 0.15) is 36.1 Å². The van der Waals surface area contributed by atoms with Crippen LogP contribution in [-0.4, -0.2) is 64.0 Å². The van der Waals surface area contributed by atoms with Gasteiger partial charge in [0, 0.05) is 36.6 Å². The third-order valence-electron chi connectivity index (χ3n) is 5.47. The molecule has 1 aliphatic rings. The SMILES string of the molecule is Cc1ncc(-c2ccnc(Nc3ccc(C(=O)N4CCS(O)(O)CC4)cc3)n2)n1C(C)C. The molecule has 3 heterocycles. The fourth-order valence-electron chi connectivity index (χ4n) is 3.79. The van der Waals surface area contributed by atoms with Gasteiger partial charge in [0.15, 0.2) is 0 Å². The summed E-state index contributed by atoms with van der Waals surface area (Å²) in [6, 6.07) is 9.23. The first-order chi connectivity index (χ1) is 15.2. The van der Waals surface area contributed by atoms with E-state index in [1.54, 1.807) is 23.2 Å². The monoisotopic (exact) mass is 456 g/mol. The van der Waals surface area contributed by atoms with Gasteiger partial charge >= 0.3 is 0 Å². The summed E-state index contributed by atoms with van der Waals surface area (Å²) in [6.07, 6.45) is 3.53. The minimum absolute atomic E-state index is 0.109. The Morgan fingerprint density at radius 1 is 1.09 bits per heavy atom. The summed E-state index contributed by atoms with van der Waals surface area (Å²) < 4.78 is 21.6. The fourth-order valence-corrected chi connectivity index (χ4v) is 5.02. The zero-order chi connectivity index (χ0) is 22.9. The van der Waals surface area contributed by atoms with Gasteiger partial charge in [-0.15, -0.1) is 0 Å². The molecular formula is C22H28N6O3S. The van der Waals surface area contributed by atoms with Gasteiger partial charge in [-0.1, -0.05) is 0 Å². The first-order valence-electron chi connectivity index (χ1n) is 10.5. The van der Waals surface area contributed by atoms with E-state index in [0.717, 1.165) is 22.9 Å². The molecule has 170 valence electrons. The van der Waals surface area contributed by atoms with Crippen molar-refractivity contribution < 1.29 is 13.9 Å². The summed E-state index contributed by atoms with van der Waals surface area (Å²) in [7, 11) is -2.53. The lowest BCUT2D eigenvalue weighted by molar-refractivity contribution is 0.0768. The smallest absolute Gasteiger partial charge is 0.253 e. The van der Waals surface area contributed by atoms with Crippen molar-refractivity contribution in [2.75, 3.05) is 29.9 Å². The van der Waals surface area contributed by atoms with E-state index in [9.17, 15) is 13.9 Å². The van der Waals surface area contributed by atoms with Crippen LogP contribution in [0.5, 0.6) is 0 Å². The quantitative estimate of drug-likeness (QED) is 0.527. The van der Waals surface area contributed by atoms with E-state index in [4.69, 9.17) is 0 Å². The molecule has 0 bridgehead atoms. The van der Waals surface area contributed by atoms with Crippen molar-refractivity contribution in [1.82, 2.24) is 24.4 Å². The summed E-state index contributed by atoms with van der Waals surface area (Å²) >= 11 is 0. The highest BCUT2D eigenvalue weighted by molar-refractivity contribution is 8.24. The molecule has 0 atom stereocenters. The number of aryl methyl sites for hydroxylation is 1. The molecule has 4 rings (SSSR count). The summed E-state index contributed by atoms with van der Waals surface area (Å²) in [5.74, 6) is 1.75. The van der Waals surface area contributed by atoms with Gasteiger partial charge in [0.2, 0.25) is 5.95 Å². The van der Waals surface area contributed by atoms with E-state index in [-0.39, 0.29) is 23.5 Å². The molecule has 10 heteroatoms. The van der Waals surface area contributed by atoms with Crippen molar-refractivity contribution in [3.63, 3.8) is 0 Å². The normalized spacial score (nSPS) is 16.8. The van der Waals surface area contributed by atoms with Gasteiger partial charge in [0.05, 0.1) is 29.1 Å². The first kappa shape index (κ1) is 22.3. The first-order valence-corrected chi connectivity index (χ1v) is 12.4. The van der Waals surface area contributed by atoms with Crippen LogP contribution in [0.15, 0.2) is 42.7 Å².